The molecule has 0 aliphatic heterocycles. The molecule has 2 aromatic rings. The number of hydrogen-bond acceptors (Lipinski definition) is 8. The highest BCUT2D eigenvalue weighted by molar-refractivity contribution is 7.89. The lowest BCUT2D eigenvalue weighted by atomic mass is 10.1. The van der Waals surface area contributed by atoms with Gasteiger partial charge in [-0.3, -0.25) is 0 Å². The third-order valence-corrected chi connectivity index (χ3v) is 4.98. The number of aryl methyl sites for hydroxylation is 1. The van der Waals surface area contributed by atoms with E-state index in [-0.39, 0.29) is 17.0 Å². The molecule has 0 radical (unpaired) electrons. The average Bonchev–Trinajstić information content (AvgIpc) is 3.12. The monoisotopic (exact) mass is 398 g/mol. The van der Waals surface area contributed by atoms with Gasteiger partial charge in [0.15, 0.2) is 0 Å². The SMILES string of the molecule is Cc1ccc(S(=O)(=O)NN=CCc2nc([C@@H](O)[C@H](O)[C@H](O)CO)c[nH]2)cc1. The summed E-state index contributed by atoms with van der Waals surface area (Å²) in [5, 5.41) is 41.3. The second-order valence-corrected chi connectivity index (χ2v) is 7.54. The Bertz CT molecular complexity index is 865. The van der Waals surface area contributed by atoms with Crippen molar-refractivity contribution in [3.63, 3.8) is 0 Å². The minimum atomic E-state index is -3.77. The molecule has 1 heterocycles. The number of nitrogens with zero attached hydrogens (tertiary/aromatic N) is 2. The molecule has 1 aromatic heterocycles. The van der Waals surface area contributed by atoms with Crippen molar-refractivity contribution in [3.05, 3.63) is 47.5 Å². The van der Waals surface area contributed by atoms with Crippen LogP contribution in [0.5, 0.6) is 0 Å². The maximum Gasteiger partial charge on any atom is 0.276 e. The Kier molecular flexibility index (Phi) is 7.05. The van der Waals surface area contributed by atoms with Gasteiger partial charge in [0.1, 0.15) is 24.1 Å². The number of benzene rings is 1. The molecule has 0 aliphatic rings. The Morgan fingerprint density at radius 2 is 1.93 bits per heavy atom. The van der Waals surface area contributed by atoms with Crippen LogP contribution in [0, 0.1) is 6.92 Å². The van der Waals surface area contributed by atoms with Gasteiger partial charge >= 0.3 is 0 Å². The van der Waals surface area contributed by atoms with Crippen LogP contribution in [-0.2, 0) is 16.4 Å². The molecule has 0 spiro atoms. The van der Waals surface area contributed by atoms with Crippen molar-refractivity contribution in [1.82, 2.24) is 14.8 Å². The molecule has 0 amide bonds. The van der Waals surface area contributed by atoms with E-state index in [2.05, 4.69) is 19.9 Å². The number of aliphatic hydroxyl groups excluding tert-OH is 4. The fourth-order valence-corrected chi connectivity index (χ4v) is 2.95. The molecule has 0 saturated heterocycles. The van der Waals surface area contributed by atoms with Crippen molar-refractivity contribution in [2.24, 2.45) is 5.10 Å². The van der Waals surface area contributed by atoms with Crippen LogP contribution in [0.25, 0.3) is 0 Å². The third kappa shape index (κ3) is 5.58. The highest BCUT2D eigenvalue weighted by Gasteiger charge is 2.27. The standard InChI is InChI=1S/C16H22N4O6S/c1-10-2-4-11(5-3-10)27(25,26)20-18-7-6-14-17-8-12(19-14)15(23)16(24)13(22)9-21/h2-5,7-8,13,15-16,20-24H,6,9H2,1H3,(H,17,19)/t13-,15-,16-/m1/s1. The van der Waals surface area contributed by atoms with Gasteiger partial charge in [0.2, 0.25) is 0 Å². The number of H-pyrrole nitrogens is 1. The lowest BCUT2D eigenvalue weighted by Crippen LogP contribution is -2.34. The first-order valence-electron chi connectivity index (χ1n) is 8.04. The van der Waals surface area contributed by atoms with Crippen LogP contribution in [0.4, 0.5) is 0 Å². The first kappa shape index (κ1) is 21.0. The molecule has 6 N–H and O–H groups in total. The lowest BCUT2D eigenvalue weighted by Gasteiger charge is -2.19. The molecule has 0 fully saturated rings. The van der Waals surface area contributed by atoms with E-state index >= 15 is 0 Å². The number of aromatic nitrogens is 2. The Hall–Kier alpha value is -2.31. The van der Waals surface area contributed by atoms with Crippen molar-refractivity contribution in [3.8, 4) is 0 Å². The van der Waals surface area contributed by atoms with E-state index in [0.29, 0.717) is 5.82 Å². The van der Waals surface area contributed by atoms with Crippen molar-refractivity contribution in [1.29, 1.82) is 0 Å². The summed E-state index contributed by atoms with van der Waals surface area (Å²) < 4.78 is 24.1. The zero-order valence-corrected chi connectivity index (χ0v) is 15.3. The smallest absolute Gasteiger partial charge is 0.276 e. The number of hydrazone groups is 1. The highest BCUT2D eigenvalue weighted by Crippen LogP contribution is 2.17. The maximum absolute atomic E-state index is 12.1. The molecule has 0 bridgehead atoms. The van der Waals surface area contributed by atoms with Gasteiger partial charge in [0, 0.05) is 18.8 Å². The van der Waals surface area contributed by atoms with Crippen molar-refractivity contribution in [2.75, 3.05) is 6.61 Å². The molecule has 0 aliphatic carbocycles. The number of rotatable bonds is 9. The first-order chi connectivity index (χ1) is 12.7. The molecule has 3 atom stereocenters. The summed E-state index contributed by atoms with van der Waals surface area (Å²) in [6, 6.07) is 6.30. The molecule has 2 rings (SSSR count). The average molecular weight is 398 g/mol. The predicted molar refractivity (Wildman–Crippen MR) is 96.3 cm³/mol. The summed E-state index contributed by atoms with van der Waals surface area (Å²) in [7, 11) is -3.77. The van der Waals surface area contributed by atoms with Gasteiger partial charge in [-0.15, -0.1) is 0 Å². The predicted octanol–water partition coefficient (Wildman–Crippen LogP) is -1.03. The number of aromatic amines is 1. The minimum absolute atomic E-state index is 0.0682. The number of nitrogens with one attached hydrogen (secondary N) is 2. The van der Waals surface area contributed by atoms with Gasteiger partial charge in [-0.05, 0) is 19.1 Å². The van der Waals surface area contributed by atoms with Gasteiger partial charge in [0.25, 0.3) is 10.0 Å². The summed E-state index contributed by atoms with van der Waals surface area (Å²) in [5.41, 5.74) is 1.00. The fraction of sp³-hybridized carbons (Fsp3) is 0.375. The summed E-state index contributed by atoms with van der Waals surface area (Å²) >= 11 is 0. The van der Waals surface area contributed by atoms with Gasteiger partial charge < -0.3 is 25.4 Å². The molecular weight excluding hydrogens is 376 g/mol. The van der Waals surface area contributed by atoms with E-state index in [1.54, 1.807) is 12.1 Å². The van der Waals surface area contributed by atoms with Gasteiger partial charge in [-0.1, -0.05) is 17.7 Å². The largest absolute Gasteiger partial charge is 0.394 e. The normalized spacial score (nSPS) is 15.6. The first-order valence-corrected chi connectivity index (χ1v) is 9.52. The molecule has 0 saturated carbocycles. The molecular formula is C16H22N4O6S. The van der Waals surface area contributed by atoms with Gasteiger partial charge in [-0.25, -0.2) is 9.82 Å². The molecule has 11 heteroatoms. The van der Waals surface area contributed by atoms with Crippen LogP contribution in [0.15, 0.2) is 40.5 Å². The summed E-state index contributed by atoms with van der Waals surface area (Å²) in [4.78, 5) is 8.94. The fourth-order valence-electron chi connectivity index (χ4n) is 2.14. The molecule has 0 unspecified atom stereocenters. The van der Waals surface area contributed by atoms with Gasteiger partial charge in [0.05, 0.1) is 17.2 Å². The quantitative estimate of drug-likeness (QED) is 0.232. The molecule has 1 aromatic carbocycles. The molecule has 10 nitrogen and oxygen atoms in total. The summed E-state index contributed by atoms with van der Waals surface area (Å²) in [6.07, 6.45) is -1.85. The zero-order chi connectivity index (χ0) is 20.0. The summed E-state index contributed by atoms with van der Waals surface area (Å²) in [5.74, 6) is 0.355. The Morgan fingerprint density at radius 1 is 1.26 bits per heavy atom. The van der Waals surface area contributed by atoms with E-state index in [9.17, 15) is 23.7 Å². The lowest BCUT2D eigenvalue weighted by molar-refractivity contribution is -0.0788. The van der Waals surface area contributed by atoms with Gasteiger partial charge in [-0.2, -0.15) is 13.5 Å². The van der Waals surface area contributed by atoms with Crippen LogP contribution in [0.1, 0.15) is 23.2 Å². The highest BCUT2D eigenvalue weighted by atomic mass is 32.2. The maximum atomic E-state index is 12.1. The van der Waals surface area contributed by atoms with E-state index in [1.165, 1.54) is 24.5 Å². The van der Waals surface area contributed by atoms with E-state index in [0.717, 1.165) is 5.56 Å². The number of imidazole rings is 1. The number of aliphatic hydroxyl groups is 4. The van der Waals surface area contributed by atoms with Crippen LogP contribution >= 0.6 is 0 Å². The second-order valence-electron chi connectivity index (χ2n) is 5.88. The topological polar surface area (TPSA) is 168 Å². The van der Waals surface area contributed by atoms with Crippen LogP contribution in [0.2, 0.25) is 0 Å². The minimum Gasteiger partial charge on any atom is -0.394 e. The number of sulfonamides is 1. The van der Waals surface area contributed by atoms with E-state index < -0.39 is 34.9 Å². The van der Waals surface area contributed by atoms with Crippen LogP contribution in [-0.4, -0.2) is 63.8 Å². The van der Waals surface area contributed by atoms with Crippen molar-refractivity contribution < 1.29 is 28.8 Å². The van der Waals surface area contributed by atoms with Crippen molar-refractivity contribution in [2.45, 2.75) is 36.6 Å². The van der Waals surface area contributed by atoms with E-state index in [1.807, 2.05) is 6.92 Å². The molecule has 27 heavy (non-hydrogen) atoms. The zero-order valence-electron chi connectivity index (χ0n) is 14.5. The molecule has 148 valence electrons. The van der Waals surface area contributed by atoms with Crippen LogP contribution in [0.3, 0.4) is 0 Å². The van der Waals surface area contributed by atoms with Crippen LogP contribution < -0.4 is 4.83 Å². The Labute approximate surface area is 156 Å². The Balaban J connectivity index is 1.93. The van der Waals surface area contributed by atoms with E-state index in [4.69, 9.17) is 5.11 Å². The van der Waals surface area contributed by atoms with Crippen molar-refractivity contribution >= 4 is 16.2 Å². The Morgan fingerprint density at radius 3 is 2.56 bits per heavy atom. The number of hydrogen-bond donors (Lipinski definition) is 6. The second kappa shape index (κ2) is 9.06. The third-order valence-electron chi connectivity index (χ3n) is 3.74. The summed E-state index contributed by atoms with van der Waals surface area (Å²) in [6.45, 7) is 1.14.